The molecule has 2 aromatic carbocycles. The predicted molar refractivity (Wildman–Crippen MR) is 88.9 cm³/mol. The van der Waals surface area contributed by atoms with Gasteiger partial charge in [0.2, 0.25) is 5.91 Å². The molecule has 0 saturated heterocycles. The van der Waals surface area contributed by atoms with Crippen LogP contribution in [0.4, 0.5) is 5.69 Å². The molecule has 1 amide bonds. The smallest absolute Gasteiger partial charge is 0.229 e. The lowest BCUT2D eigenvalue weighted by molar-refractivity contribution is -0.121. The molecular formula is C18H20ClNO. The first kappa shape index (κ1) is 15.6. The topological polar surface area (TPSA) is 20.3 Å². The Hall–Kier alpha value is -1.80. The zero-order chi connectivity index (χ0) is 15.4. The van der Waals surface area contributed by atoms with Crippen LogP contribution in [0.2, 0.25) is 5.02 Å². The summed E-state index contributed by atoms with van der Waals surface area (Å²) in [4.78, 5) is 14.2. The number of hydrogen-bond acceptors (Lipinski definition) is 1. The number of carbonyl (C=O) groups is 1. The standard InChI is InChI=1S/C18H20ClNO/c1-13-12-16(9-10-17(13)19)20(3)18(21)14(2)11-15-7-5-4-6-8-15/h4-10,12,14H,11H2,1-3H3/t14-/m0/s1. The van der Waals surface area contributed by atoms with Gasteiger partial charge in [-0.25, -0.2) is 0 Å². The maximum Gasteiger partial charge on any atom is 0.229 e. The van der Waals surface area contributed by atoms with Crippen molar-refractivity contribution in [3.8, 4) is 0 Å². The maximum absolute atomic E-state index is 12.5. The van der Waals surface area contributed by atoms with Gasteiger partial charge >= 0.3 is 0 Å². The number of halogens is 1. The molecule has 1 atom stereocenters. The van der Waals surface area contributed by atoms with Crippen molar-refractivity contribution >= 4 is 23.2 Å². The van der Waals surface area contributed by atoms with E-state index in [0.717, 1.165) is 22.7 Å². The average molecular weight is 302 g/mol. The molecule has 0 bridgehead atoms. The third-order valence-electron chi connectivity index (χ3n) is 3.67. The van der Waals surface area contributed by atoms with Gasteiger partial charge in [-0.15, -0.1) is 0 Å². The van der Waals surface area contributed by atoms with Gasteiger partial charge < -0.3 is 4.90 Å². The molecule has 0 unspecified atom stereocenters. The van der Waals surface area contributed by atoms with Crippen molar-refractivity contribution < 1.29 is 4.79 Å². The highest BCUT2D eigenvalue weighted by Crippen LogP contribution is 2.23. The second kappa shape index (κ2) is 6.77. The summed E-state index contributed by atoms with van der Waals surface area (Å²) < 4.78 is 0. The Morgan fingerprint density at radius 2 is 1.86 bits per heavy atom. The van der Waals surface area contributed by atoms with Gasteiger partial charge in [0, 0.05) is 23.7 Å². The summed E-state index contributed by atoms with van der Waals surface area (Å²) in [5.74, 6) is 0.0500. The summed E-state index contributed by atoms with van der Waals surface area (Å²) in [6, 6.07) is 15.7. The SMILES string of the molecule is Cc1cc(N(C)C(=O)[C@@H](C)Cc2ccccc2)ccc1Cl. The first-order valence-electron chi connectivity index (χ1n) is 7.06. The zero-order valence-corrected chi connectivity index (χ0v) is 13.4. The van der Waals surface area contributed by atoms with Crippen molar-refractivity contribution in [2.24, 2.45) is 5.92 Å². The van der Waals surface area contributed by atoms with Gasteiger partial charge in [-0.2, -0.15) is 0 Å². The molecule has 2 rings (SSSR count). The van der Waals surface area contributed by atoms with E-state index in [9.17, 15) is 4.79 Å². The van der Waals surface area contributed by atoms with Crippen LogP contribution in [0.5, 0.6) is 0 Å². The van der Waals surface area contributed by atoms with Crippen LogP contribution in [-0.4, -0.2) is 13.0 Å². The Morgan fingerprint density at radius 3 is 2.48 bits per heavy atom. The Labute approximate surface area is 131 Å². The molecule has 2 nitrogen and oxygen atoms in total. The molecule has 21 heavy (non-hydrogen) atoms. The molecule has 0 spiro atoms. The number of benzene rings is 2. The van der Waals surface area contributed by atoms with Crippen molar-refractivity contribution in [1.29, 1.82) is 0 Å². The minimum absolute atomic E-state index is 0.0617. The van der Waals surface area contributed by atoms with Gasteiger partial charge in [0.1, 0.15) is 0 Å². The van der Waals surface area contributed by atoms with Crippen LogP contribution in [0, 0.1) is 12.8 Å². The Kier molecular flexibility index (Phi) is 5.03. The van der Waals surface area contributed by atoms with Crippen LogP contribution in [0.15, 0.2) is 48.5 Å². The van der Waals surface area contributed by atoms with E-state index in [0.29, 0.717) is 0 Å². The summed E-state index contributed by atoms with van der Waals surface area (Å²) in [5, 5.41) is 0.719. The van der Waals surface area contributed by atoms with Crippen molar-refractivity contribution in [2.75, 3.05) is 11.9 Å². The van der Waals surface area contributed by atoms with E-state index in [-0.39, 0.29) is 11.8 Å². The van der Waals surface area contributed by atoms with E-state index in [4.69, 9.17) is 11.6 Å². The molecule has 0 N–H and O–H groups in total. The lowest BCUT2D eigenvalue weighted by atomic mass is 9.99. The summed E-state index contributed by atoms with van der Waals surface area (Å²) in [5.41, 5.74) is 3.03. The minimum Gasteiger partial charge on any atom is -0.315 e. The lowest BCUT2D eigenvalue weighted by Gasteiger charge is -2.22. The number of amides is 1. The first-order chi connectivity index (χ1) is 9.99. The zero-order valence-electron chi connectivity index (χ0n) is 12.6. The van der Waals surface area contributed by atoms with Crippen LogP contribution in [-0.2, 0) is 11.2 Å². The normalized spacial score (nSPS) is 12.0. The minimum atomic E-state index is -0.0617. The molecule has 0 radical (unpaired) electrons. The highest BCUT2D eigenvalue weighted by atomic mass is 35.5. The Bertz CT molecular complexity index is 624. The van der Waals surface area contributed by atoms with Crippen molar-refractivity contribution in [1.82, 2.24) is 0 Å². The van der Waals surface area contributed by atoms with E-state index in [1.807, 2.05) is 57.3 Å². The largest absolute Gasteiger partial charge is 0.315 e. The van der Waals surface area contributed by atoms with Crippen LogP contribution in [0.3, 0.4) is 0 Å². The van der Waals surface area contributed by atoms with Gasteiger partial charge in [0.25, 0.3) is 0 Å². The summed E-state index contributed by atoms with van der Waals surface area (Å²) in [7, 11) is 1.81. The summed E-state index contributed by atoms with van der Waals surface area (Å²) in [6.07, 6.45) is 0.747. The third-order valence-corrected chi connectivity index (χ3v) is 4.09. The average Bonchev–Trinajstić information content (AvgIpc) is 2.49. The fourth-order valence-electron chi connectivity index (χ4n) is 2.35. The molecule has 2 aromatic rings. The molecule has 0 aliphatic heterocycles. The molecule has 110 valence electrons. The maximum atomic E-state index is 12.5. The van der Waals surface area contributed by atoms with E-state index in [2.05, 4.69) is 12.1 Å². The van der Waals surface area contributed by atoms with Gasteiger partial charge in [-0.3, -0.25) is 4.79 Å². The van der Waals surface area contributed by atoms with Gasteiger partial charge in [0.15, 0.2) is 0 Å². The fraction of sp³-hybridized carbons (Fsp3) is 0.278. The number of carbonyl (C=O) groups excluding carboxylic acids is 1. The highest BCUT2D eigenvalue weighted by molar-refractivity contribution is 6.31. The van der Waals surface area contributed by atoms with Gasteiger partial charge in [0.05, 0.1) is 0 Å². The van der Waals surface area contributed by atoms with Crippen molar-refractivity contribution in [2.45, 2.75) is 20.3 Å². The van der Waals surface area contributed by atoms with E-state index >= 15 is 0 Å². The predicted octanol–water partition coefficient (Wildman–Crippen LogP) is 4.49. The van der Waals surface area contributed by atoms with Crippen LogP contribution >= 0.6 is 11.6 Å². The Morgan fingerprint density at radius 1 is 1.19 bits per heavy atom. The fourth-order valence-corrected chi connectivity index (χ4v) is 2.47. The van der Waals surface area contributed by atoms with Crippen LogP contribution in [0.25, 0.3) is 0 Å². The number of nitrogens with zero attached hydrogens (tertiary/aromatic N) is 1. The molecule has 0 saturated carbocycles. The van der Waals surface area contributed by atoms with Gasteiger partial charge in [-0.1, -0.05) is 48.9 Å². The third kappa shape index (κ3) is 3.85. The van der Waals surface area contributed by atoms with Crippen molar-refractivity contribution in [3.05, 3.63) is 64.7 Å². The second-order valence-corrected chi connectivity index (χ2v) is 5.83. The number of aryl methyl sites for hydroxylation is 1. The first-order valence-corrected chi connectivity index (χ1v) is 7.44. The summed E-state index contributed by atoms with van der Waals surface area (Å²) in [6.45, 7) is 3.91. The number of anilines is 1. The van der Waals surface area contributed by atoms with Crippen LogP contribution in [0.1, 0.15) is 18.1 Å². The molecule has 0 aromatic heterocycles. The lowest BCUT2D eigenvalue weighted by Crippen LogP contribution is -2.32. The highest BCUT2D eigenvalue weighted by Gasteiger charge is 2.19. The molecular weight excluding hydrogens is 282 g/mol. The molecule has 0 aliphatic rings. The van der Waals surface area contributed by atoms with E-state index in [1.165, 1.54) is 5.56 Å². The molecule has 3 heteroatoms. The second-order valence-electron chi connectivity index (χ2n) is 5.42. The van der Waals surface area contributed by atoms with E-state index < -0.39 is 0 Å². The molecule has 0 aliphatic carbocycles. The summed E-state index contributed by atoms with van der Waals surface area (Å²) >= 11 is 6.03. The van der Waals surface area contributed by atoms with Gasteiger partial charge in [-0.05, 0) is 42.7 Å². The van der Waals surface area contributed by atoms with Crippen molar-refractivity contribution in [3.63, 3.8) is 0 Å². The number of hydrogen-bond donors (Lipinski definition) is 0. The monoisotopic (exact) mass is 301 g/mol. The molecule has 0 fully saturated rings. The number of rotatable bonds is 4. The Balaban J connectivity index is 2.09. The van der Waals surface area contributed by atoms with Crippen LogP contribution < -0.4 is 4.90 Å². The molecule has 0 heterocycles. The van der Waals surface area contributed by atoms with E-state index in [1.54, 1.807) is 4.90 Å². The quantitative estimate of drug-likeness (QED) is 0.815.